The molecule has 0 atom stereocenters. The van der Waals surface area contributed by atoms with E-state index in [1.165, 1.54) is 12.8 Å². The molecule has 1 aromatic carbocycles. The molecule has 7 rings (SSSR count). The highest BCUT2D eigenvalue weighted by Gasteiger charge is 2.46. The van der Waals surface area contributed by atoms with Gasteiger partial charge in [-0.3, -0.25) is 9.89 Å². The molecular weight excluding hydrogens is 478 g/mol. The summed E-state index contributed by atoms with van der Waals surface area (Å²) in [6, 6.07) is 7.73. The number of H-pyrrole nitrogens is 1. The summed E-state index contributed by atoms with van der Waals surface area (Å²) in [7, 11) is 0. The minimum atomic E-state index is -0.919. The second kappa shape index (κ2) is 9.07. The van der Waals surface area contributed by atoms with Gasteiger partial charge < -0.3 is 20.6 Å². The first kappa shape index (κ1) is 23.6. The highest BCUT2D eigenvalue weighted by atomic mass is 16.3. The van der Waals surface area contributed by atoms with Gasteiger partial charge in [0.15, 0.2) is 5.82 Å². The summed E-state index contributed by atoms with van der Waals surface area (Å²) in [5.74, 6) is 8.08. The number of nitrogens with zero attached hydrogens (tertiary/aromatic N) is 4. The fourth-order valence-corrected chi connectivity index (χ4v) is 5.73. The van der Waals surface area contributed by atoms with Gasteiger partial charge in [0.1, 0.15) is 11.4 Å². The van der Waals surface area contributed by atoms with Crippen LogP contribution in [0.4, 0.5) is 11.6 Å². The summed E-state index contributed by atoms with van der Waals surface area (Å²) in [5.41, 5.74) is 1.72. The number of anilines is 2. The van der Waals surface area contributed by atoms with Crippen molar-refractivity contribution in [1.82, 2.24) is 30.4 Å². The fourth-order valence-electron chi connectivity index (χ4n) is 5.73. The number of rotatable bonds is 4. The molecular formula is C29H33N7O2. The van der Waals surface area contributed by atoms with Crippen LogP contribution in [0.3, 0.4) is 0 Å². The Kier molecular flexibility index (Phi) is 5.64. The third-order valence-corrected chi connectivity index (χ3v) is 8.38. The number of benzene rings is 1. The Morgan fingerprint density at radius 2 is 1.95 bits per heavy atom. The van der Waals surface area contributed by atoms with Crippen LogP contribution in [-0.4, -0.2) is 66.9 Å². The number of hydrogen-bond acceptors (Lipinski definition) is 7. The van der Waals surface area contributed by atoms with Crippen molar-refractivity contribution in [3.8, 4) is 11.8 Å². The van der Waals surface area contributed by atoms with E-state index >= 15 is 0 Å². The highest BCUT2D eigenvalue weighted by molar-refractivity contribution is 5.97. The zero-order valence-electron chi connectivity index (χ0n) is 21.5. The Morgan fingerprint density at radius 1 is 1.11 bits per heavy atom. The zero-order chi connectivity index (χ0) is 25.7. The number of nitrogens with one attached hydrogen (secondary N) is 3. The quantitative estimate of drug-likeness (QED) is 0.395. The maximum atomic E-state index is 13.5. The van der Waals surface area contributed by atoms with Crippen molar-refractivity contribution in [3.05, 3.63) is 41.3 Å². The molecule has 0 radical (unpaired) electrons. The Balaban J connectivity index is 1.24. The second-order valence-corrected chi connectivity index (χ2v) is 11.5. The highest BCUT2D eigenvalue weighted by Crippen LogP contribution is 2.40. The number of carbonyl (C=O) groups excluding carboxylic acids is 1. The number of fused-ring (bicyclic) bond motifs is 1. The van der Waals surface area contributed by atoms with E-state index in [-0.39, 0.29) is 17.3 Å². The van der Waals surface area contributed by atoms with Crippen LogP contribution in [-0.2, 0) is 0 Å². The molecule has 4 aliphatic rings. The predicted octanol–water partition coefficient (Wildman–Crippen LogP) is 3.60. The van der Waals surface area contributed by atoms with Gasteiger partial charge in [0.25, 0.3) is 5.91 Å². The van der Waals surface area contributed by atoms with Gasteiger partial charge in [-0.15, -0.1) is 0 Å². The summed E-state index contributed by atoms with van der Waals surface area (Å²) in [5, 5.41) is 26.1. The molecule has 3 aromatic rings. The largest absolute Gasteiger partial charge is 0.378 e. The average Bonchev–Trinajstić information content (AvgIpc) is 3.87. The zero-order valence-corrected chi connectivity index (χ0v) is 21.5. The van der Waals surface area contributed by atoms with E-state index < -0.39 is 5.60 Å². The smallest absolute Gasteiger partial charge is 0.291 e. The van der Waals surface area contributed by atoms with E-state index in [1.807, 2.05) is 29.2 Å². The van der Waals surface area contributed by atoms with Gasteiger partial charge in [-0.1, -0.05) is 18.3 Å². The SMILES string of the molecule is O=C(c1nc(Nc2cc(C3CC3)[nH]n2)c2cc(C#CC3(O)CCCCC3)ccc2n1)N1CCNC2(CC2)C1. The number of aromatic nitrogens is 4. The average molecular weight is 512 g/mol. The fraction of sp³-hybridized carbons (Fsp3) is 0.517. The minimum absolute atomic E-state index is 0.0794. The molecule has 9 heteroatoms. The van der Waals surface area contributed by atoms with E-state index in [2.05, 4.69) is 37.7 Å². The second-order valence-electron chi connectivity index (χ2n) is 11.5. The van der Waals surface area contributed by atoms with E-state index in [4.69, 9.17) is 4.98 Å². The monoisotopic (exact) mass is 511 g/mol. The van der Waals surface area contributed by atoms with Crippen LogP contribution in [0.15, 0.2) is 24.3 Å². The molecule has 0 bridgehead atoms. The van der Waals surface area contributed by atoms with Gasteiger partial charge in [0.2, 0.25) is 5.82 Å². The van der Waals surface area contributed by atoms with Crippen LogP contribution in [0.2, 0.25) is 0 Å². The number of carbonyl (C=O) groups is 1. The molecule has 4 fully saturated rings. The van der Waals surface area contributed by atoms with E-state index in [0.29, 0.717) is 49.0 Å². The van der Waals surface area contributed by atoms with E-state index in [9.17, 15) is 9.90 Å². The first-order chi connectivity index (χ1) is 18.5. The Morgan fingerprint density at radius 3 is 2.74 bits per heavy atom. The molecule has 38 heavy (non-hydrogen) atoms. The van der Waals surface area contributed by atoms with Gasteiger partial charge in [0.05, 0.1) is 5.52 Å². The van der Waals surface area contributed by atoms with Crippen LogP contribution >= 0.6 is 0 Å². The molecule has 0 unspecified atom stereocenters. The van der Waals surface area contributed by atoms with Crippen LogP contribution in [0.5, 0.6) is 0 Å². The molecule has 3 saturated carbocycles. The Bertz CT molecular complexity index is 1450. The molecule has 3 heterocycles. The molecule has 9 nitrogen and oxygen atoms in total. The topological polar surface area (TPSA) is 119 Å². The number of piperazine rings is 1. The lowest BCUT2D eigenvalue weighted by Crippen LogP contribution is -2.54. The first-order valence-corrected chi connectivity index (χ1v) is 13.9. The summed E-state index contributed by atoms with van der Waals surface area (Å²) in [6.45, 7) is 2.12. The molecule has 1 saturated heterocycles. The summed E-state index contributed by atoms with van der Waals surface area (Å²) < 4.78 is 0. The maximum absolute atomic E-state index is 13.5. The third-order valence-electron chi connectivity index (χ3n) is 8.38. The molecule has 4 N–H and O–H groups in total. The summed E-state index contributed by atoms with van der Waals surface area (Å²) >= 11 is 0. The van der Waals surface area contributed by atoms with Crippen molar-refractivity contribution in [3.63, 3.8) is 0 Å². The maximum Gasteiger partial charge on any atom is 0.291 e. The van der Waals surface area contributed by atoms with Crippen molar-refractivity contribution >= 4 is 28.4 Å². The number of aliphatic hydroxyl groups is 1. The van der Waals surface area contributed by atoms with Crippen LogP contribution < -0.4 is 10.6 Å². The van der Waals surface area contributed by atoms with Crippen molar-refractivity contribution < 1.29 is 9.90 Å². The van der Waals surface area contributed by atoms with Crippen LogP contribution in [0.25, 0.3) is 10.9 Å². The number of amides is 1. The van der Waals surface area contributed by atoms with Crippen molar-refractivity contribution in [1.29, 1.82) is 0 Å². The molecule has 3 aliphatic carbocycles. The lowest BCUT2D eigenvalue weighted by molar-refractivity contribution is 0.0610. The van der Waals surface area contributed by atoms with Crippen molar-refractivity contribution in [2.45, 2.75) is 74.8 Å². The molecule has 196 valence electrons. The lowest BCUT2D eigenvalue weighted by Gasteiger charge is -2.33. The van der Waals surface area contributed by atoms with Crippen molar-refractivity contribution in [2.75, 3.05) is 25.0 Å². The van der Waals surface area contributed by atoms with E-state index in [0.717, 1.165) is 55.3 Å². The predicted molar refractivity (Wildman–Crippen MR) is 144 cm³/mol. The first-order valence-electron chi connectivity index (χ1n) is 13.9. The summed E-state index contributed by atoms with van der Waals surface area (Å²) in [6.07, 6.45) is 9.14. The van der Waals surface area contributed by atoms with Gasteiger partial charge in [0, 0.05) is 53.8 Å². The number of aromatic amines is 1. The molecule has 2 aromatic heterocycles. The molecule has 1 aliphatic heterocycles. The van der Waals surface area contributed by atoms with Crippen LogP contribution in [0.1, 0.15) is 85.6 Å². The van der Waals surface area contributed by atoms with Crippen molar-refractivity contribution in [2.24, 2.45) is 0 Å². The van der Waals surface area contributed by atoms with Crippen LogP contribution in [0, 0.1) is 11.8 Å². The minimum Gasteiger partial charge on any atom is -0.378 e. The summed E-state index contributed by atoms with van der Waals surface area (Å²) in [4.78, 5) is 24.8. The molecule has 1 amide bonds. The Hall–Kier alpha value is -3.48. The standard InChI is InChI=1S/C29H33N7O2/c37-27(36-15-14-30-28(18-36)12-13-28)26-31-22-7-4-19(8-11-29(38)9-2-1-3-10-29)16-21(22)25(33-26)32-24-17-23(34-35-24)20-5-6-20/h4,7,16-17,20,30,38H,1-3,5-6,9-10,12-15,18H2,(H2,31,32,33,34,35). The van der Waals surface area contributed by atoms with Gasteiger partial charge >= 0.3 is 0 Å². The van der Waals surface area contributed by atoms with E-state index in [1.54, 1.807) is 0 Å². The van der Waals surface area contributed by atoms with Gasteiger partial charge in [-0.2, -0.15) is 5.10 Å². The van der Waals surface area contributed by atoms with Gasteiger partial charge in [-0.25, -0.2) is 9.97 Å². The third kappa shape index (κ3) is 4.74. The normalized spacial score (nSPS) is 21.7. The van der Waals surface area contributed by atoms with Gasteiger partial charge in [-0.05, 0) is 69.6 Å². The molecule has 1 spiro atoms. The lowest BCUT2D eigenvalue weighted by atomic mass is 9.85. The Labute approximate surface area is 221 Å². The number of hydrogen-bond donors (Lipinski definition) is 4.